The summed E-state index contributed by atoms with van der Waals surface area (Å²) in [5.41, 5.74) is 0.0153. The summed E-state index contributed by atoms with van der Waals surface area (Å²) >= 11 is 6.15. The lowest BCUT2D eigenvalue weighted by atomic mass is 10.1. The zero-order valence-electron chi connectivity index (χ0n) is 13.5. The Morgan fingerprint density at radius 2 is 1.85 bits per heavy atom. The number of nitrogens with zero attached hydrogens (tertiary/aromatic N) is 3. The Hall–Kier alpha value is -1.61. The number of aromatic nitrogens is 2. The van der Waals surface area contributed by atoms with Gasteiger partial charge in [-0.25, -0.2) is 4.39 Å². The Labute approximate surface area is 150 Å². The van der Waals surface area contributed by atoms with E-state index >= 15 is 0 Å². The molecule has 1 aromatic carbocycles. The molecule has 2 aromatic rings. The first-order valence-electron chi connectivity index (χ1n) is 8.16. The third-order valence-corrected chi connectivity index (χ3v) is 5.14. The molecule has 0 amide bonds. The monoisotopic (exact) mass is 395 g/mol. The van der Waals surface area contributed by atoms with Gasteiger partial charge in [-0.05, 0) is 25.0 Å². The lowest BCUT2D eigenvalue weighted by molar-refractivity contribution is -0.172. The van der Waals surface area contributed by atoms with Gasteiger partial charge in [-0.15, -0.1) is 0 Å². The zero-order valence-corrected chi connectivity index (χ0v) is 14.2. The summed E-state index contributed by atoms with van der Waals surface area (Å²) in [6.45, 7) is -1.58. The molecule has 2 aliphatic rings. The highest BCUT2D eigenvalue weighted by molar-refractivity contribution is 6.36. The van der Waals surface area contributed by atoms with E-state index in [-0.39, 0.29) is 34.4 Å². The molecule has 4 rings (SSSR count). The number of alkyl halides is 4. The van der Waals surface area contributed by atoms with E-state index in [0.717, 1.165) is 17.4 Å². The fourth-order valence-electron chi connectivity index (χ4n) is 3.50. The molecule has 2 saturated heterocycles. The standard InChI is InChI=1S/C16H15ClF5N3O/c17-10-3-4-11(18)13-12(10)14(23-25(13)9-2-1-5-26-6-9)24-7-15(19,20)16(21,22)8-24/h3-4,9H,1-2,5-8H2. The molecule has 1 unspecified atom stereocenters. The van der Waals surface area contributed by atoms with Crippen LogP contribution in [-0.2, 0) is 4.74 Å². The van der Waals surface area contributed by atoms with Gasteiger partial charge >= 0.3 is 11.8 Å². The minimum Gasteiger partial charge on any atom is -0.379 e. The van der Waals surface area contributed by atoms with Crippen LogP contribution in [-0.4, -0.2) is 47.9 Å². The summed E-state index contributed by atoms with van der Waals surface area (Å²) in [5, 5.41) is 4.35. The number of anilines is 1. The van der Waals surface area contributed by atoms with Crippen LogP contribution < -0.4 is 4.90 Å². The summed E-state index contributed by atoms with van der Waals surface area (Å²) in [4.78, 5) is 0.772. The highest BCUT2D eigenvalue weighted by Crippen LogP contribution is 2.45. The first-order chi connectivity index (χ1) is 12.2. The van der Waals surface area contributed by atoms with Gasteiger partial charge in [-0.1, -0.05) is 11.6 Å². The first-order valence-corrected chi connectivity index (χ1v) is 8.53. The van der Waals surface area contributed by atoms with Crippen molar-refractivity contribution in [1.82, 2.24) is 9.78 Å². The van der Waals surface area contributed by atoms with Crippen LogP contribution in [0.25, 0.3) is 10.9 Å². The molecule has 0 radical (unpaired) electrons. The average molecular weight is 396 g/mol. The lowest BCUT2D eigenvalue weighted by Gasteiger charge is -2.23. The van der Waals surface area contributed by atoms with Crippen molar-refractivity contribution in [2.45, 2.75) is 30.7 Å². The Morgan fingerprint density at radius 1 is 1.15 bits per heavy atom. The number of hydrogen-bond donors (Lipinski definition) is 0. The molecule has 10 heteroatoms. The van der Waals surface area contributed by atoms with Crippen LogP contribution >= 0.6 is 11.6 Å². The van der Waals surface area contributed by atoms with Crippen molar-refractivity contribution >= 4 is 28.3 Å². The highest BCUT2D eigenvalue weighted by atomic mass is 35.5. The predicted molar refractivity (Wildman–Crippen MR) is 85.9 cm³/mol. The molecular weight excluding hydrogens is 381 g/mol. The SMILES string of the molecule is Fc1ccc(Cl)c2c(N3CC(F)(F)C(F)(F)C3)nn(C3CCCOC3)c12. The smallest absolute Gasteiger partial charge is 0.329 e. The topological polar surface area (TPSA) is 30.3 Å². The molecule has 2 aliphatic heterocycles. The van der Waals surface area contributed by atoms with E-state index in [9.17, 15) is 22.0 Å². The predicted octanol–water partition coefficient (Wildman–Crippen LogP) is 4.27. The van der Waals surface area contributed by atoms with Gasteiger partial charge in [0.1, 0.15) is 11.3 Å². The van der Waals surface area contributed by atoms with E-state index in [2.05, 4.69) is 5.10 Å². The largest absolute Gasteiger partial charge is 0.379 e. The van der Waals surface area contributed by atoms with Crippen LogP contribution in [0.4, 0.5) is 27.8 Å². The van der Waals surface area contributed by atoms with Gasteiger partial charge in [-0.3, -0.25) is 4.68 Å². The van der Waals surface area contributed by atoms with Gasteiger partial charge in [0.15, 0.2) is 5.82 Å². The van der Waals surface area contributed by atoms with Crippen molar-refractivity contribution in [3.8, 4) is 0 Å². The molecule has 2 fully saturated rings. The fourth-order valence-corrected chi connectivity index (χ4v) is 3.74. The van der Waals surface area contributed by atoms with Gasteiger partial charge in [-0.2, -0.15) is 22.7 Å². The minimum atomic E-state index is -4.20. The number of rotatable bonds is 2. The van der Waals surface area contributed by atoms with Crippen molar-refractivity contribution in [3.05, 3.63) is 23.0 Å². The third kappa shape index (κ3) is 2.63. The zero-order chi connectivity index (χ0) is 18.7. The van der Waals surface area contributed by atoms with Gasteiger partial charge in [0.05, 0.1) is 36.1 Å². The molecule has 142 valence electrons. The van der Waals surface area contributed by atoms with E-state index < -0.39 is 30.8 Å². The Kier molecular flexibility index (Phi) is 4.07. The highest BCUT2D eigenvalue weighted by Gasteiger charge is 2.63. The van der Waals surface area contributed by atoms with Crippen LogP contribution in [0, 0.1) is 5.82 Å². The van der Waals surface area contributed by atoms with E-state index in [1.807, 2.05) is 0 Å². The van der Waals surface area contributed by atoms with Gasteiger partial charge < -0.3 is 9.64 Å². The van der Waals surface area contributed by atoms with Crippen molar-refractivity contribution < 1.29 is 26.7 Å². The molecular formula is C16H15ClF5N3O. The van der Waals surface area contributed by atoms with Crippen LogP contribution in [0.2, 0.25) is 5.02 Å². The number of ether oxygens (including phenoxy) is 1. The maximum Gasteiger partial charge on any atom is 0.329 e. The average Bonchev–Trinajstić information content (AvgIpc) is 3.08. The fraction of sp³-hybridized carbons (Fsp3) is 0.562. The molecule has 0 saturated carbocycles. The lowest BCUT2D eigenvalue weighted by Crippen LogP contribution is -2.38. The van der Waals surface area contributed by atoms with E-state index in [1.54, 1.807) is 0 Å². The van der Waals surface area contributed by atoms with Gasteiger partial charge in [0.25, 0.3) is 0 Å². The second kappa shape index (κ2) is 5.95. The molecule has 0 N–H and O–H groups in total. The molecule has 0 aliphatic carbocycles. The normalized spacial score (nSPS) is 25.2. The van der Waals surface area contributed by atoms with Gasteiger partial charge in [0, 0.05) is 6.61 Å². The van der Waals surface area contributed by atoms with Crippen LogP contribution in [0.15, 0.2) is 12.1 Å². The molecule has 4 nitrogen and oxygen atoms in total. The molecule has 3 heterocycles. The van der Waals surface area contributed by atoms with Crippen molar-refractivity contribution in [2.24, 2.45) is 0 Å². The molecule has 1 atom stereocenters. The van der Waals surface area contributed by atoms with Crippen molar-refractivity contribution in [1.29, 1.82) is 0 Å². The summed E-state index contributed by atoms with van der Waals surface area (Å²) in [6, 6.07) is 2.08. The van der Waals surface area contributed by atoms with Crippen LogP contribution in [0.1, 0.15) is 18.9 Å². The van der Waals surface area contributed by atoms with Crippen molar-refractivity contribution in [3.63, 3.8) is 0 Å². The molecule has 0 bridgehead atoms. The Balaban J connectivity index is 1.87. The van der Waals surface area contributed by atoms with Crippen molar-refractivity contribution in [2.75, 3.05) is 31.2 Å². The summed E-state index contributed by atoms with van der Waals surface area (Å²) in [6.07, 6.45) is 1.37. The van der Waals surface area contributed by atoms with Crippen LogP contribution in [0.3, 0.4) is 0 Å². The maximum atomic E-state index is 14.5. The summed E-state index contributed by atoms with van der Waals surface area (Å²) < 4.78 is 75.8. The summed E-state index contributed by atoms with van der Waals surface area (Å²) in [5.74, 6) is -9.20. The second-order valence-electron chi connectivity index (χ2n) is 6.66. The number of fused-ring (bicyclic) bond motifs is 1. The van der Waals surface area contributed by atoms with Crippen LogP contribution in [0.5, 0.6) is 0 Å². The quantitative estimate of drug-likeness (QED) is 0.711. The Morgan fingerprint density at radius 3 is 2.46 bits per heavy atom. The first kappa shape index (κ1) is 17.8. The number of halogens is 6. The molecule has 1 aromatic heterocycles. The summed E-state index contributed by atoms with van der Waals surface area (Å²) in [7, 11) is 0. The van der Waals surface area contributed by atoms with E-state index in [1.165, 1.54) is 10.7 Å². The maximum absolute atomic E-state index is 14.5. The number of benzene rings is 1. The second-order valence-corrected chi connectivity index (χ2v) is 7.06. The van der Waals surface area contributed by atoms with E-state index in [0.29, 0.717) is 13.0 Å². The molecule has 0 spiro atoms. The molecule has 26 heavy (non-hydrogen) atoms. The van der Waals surface area contributed by atoms with E-state index in [4.69, 9.17) is 16.3 Å². The minimum absolute atomic E-state index is 0.0153. The van der Waals surface area contributed by atoms with Gasteiger partial charge in [0.2, 0.25) is 0 Å². The number of hydrogen-bond acceptors (Lipinski definition) is 3. The third-order valence-electron chi connectivity index (χ3n) is 4.83. The Bertz CT molecular complexity index is 834.